The van der Waals surface area contributed by atoms with Crippen molar-refractivity contribution < 1.29 is 29.3 Å². The predicted octanol–water partition coefficient (Wildman–Crippen LogP) is 3.19. The van der Waals surface area contributed by atoms with Crippen LogP contribution in [0.5, 0.6) is 5.75 Å². The average molecular weight is 765 g/mol. The molecule has 4 N–H and O–H groups in total. The van der Waals surface area contributed by atoms with Gasteiger partial charge in [-0.25, -0.2) is 9.78 Å². The maximum absolute atomic E-state index is 13.6. The molecule has 3 aromatic heterocycles. The van der Waals surface area contributed by atoms with E-state index in [0.29, 0.717) is 62.0 Å². The summed E-state index contributed by atoms with van der Waals surface area (Å²) in [5.74, 6) is 0.456. The minimum Gasteiger partial charge on any atom is -0.508 e. The number of phenols is 1. The molecule has 0 bridgehead atoms. The highest BCUT2D eigenvalue weighted by atomic mass is 16.6. The summed E-state index contributed by atoms with van der Waals surface area (Å²) >= 11 is 0. The Hall–Kier alpha value is -5.41. The van der Waals surface area contributed by atoms with E-state index in [1.54, 1.807) is 41.8 Å². The predicted molar refractivity (Wildman–Crippen MR) is 207 cm³/mol. The number of pyridine rings is 2. The number of aromatic hydroxyl groups is 1. The van der Waals surface area contributed by atoms with E-state index in [4.69, 9.17) is 15.5 Å². The largest absolute Gasteiger partial charge is 0.508 e. The summed E-state index contributed by atoms with van der Waals surface area (Å²) in [5, 5.41) is 31.1. The molecule has 4 aliphatic rings. The average Bonchev–Trinajstić information content (AvgIpc) is 3.58. The van der Waals surface area contributed by atoms with E-state index in [0.717, 1.165) is 73.9 Å². The van der Waals surface area contributed by atoms with Gasteiger partial charge in [-0.3, -0.25) is 19.3 Å². The first kappa shape index (κ1) is 37.5. The molecule has 8 rings (SSSR count). The Bertz CT molecular complexity index is 2240. The third kappa shape index (κ3) is 6.98. The van der Waals surface area contributed by atoms with E-state index in [2.05, 4.69) is 20.0 Å². The van der Waals surface area contributed by atoms with Crippen LogP contribution in [-0.2, 0) is 39.6 Å². The third-order valence-corrected chi connectivity index (χ3v) is 12.2. The Kier molecular flexibility index (Phi) is 10.2. The molecule has 56 heavy (non-hydrogen) atoms. The maximum Gasteiger partial charge on any atom is 0.343 e. The molecule has 2 fully saturated rings. The van der Waals surface area contributed by atoms with Gasteiger partial charge in [0.25, 0.3) is 11.5 Å². The lowest BCUT2D eigenvalue weighted by molar-refractivity contribution is -0.172. The molecule has 294 valence electrons. The second kappa shape index (κ2) is 15.3. The molecular formula is C41H48N8O7. The number of amides is 2. The number of carbonyl (C=O) groups is 3. The number of piperidine rings is 1. The molecule has 4 aromatic rings. The fourth-order valence-corrected chi connectivity index (χ4v) is 8.76. The summed E-state index contributed by atoms with van der Waals surface area (Å²) < 4.78 is 6.80. The Morgan fingerprint density at radius 2 is 1.77 bits per heavy atom. The summed E-state index contributed by atoms with van der Waals surface area (Å²) in [6.45, 7) is 6.71. The van der Waals surface area contributed by atoms with E-state index in [1.165, 1.54) is 0 Å². The number of unbranched alkanes of at least 4 members (excludes halogenated alkanes) is 2. The summed E-state index contributed by atoms with van der Waals surface area (Å²) in [7, 11) is 0. The van der Waals surface area contributed by atoms with E-state index in [-0.39, 0.29) is 53.6 Å². The molecule has 1 aromatic carbocycles. The van der Waals surface area contributed by atoms with E-state index < -0.39 is 17.5 Å². The Labute approximate surface area is 324 Å². The smallest absolute Gasteiger partial charge is 0.343 e. The molecule has 7 heterocycles. The Morgan fingerprint density at radius 1 is 0.982 bits per heavy atom. The fourth-order valence-electron chi connectivity index (χ4n) is 8.76. The first-order valence-electron chi connectivity index (χ1n) is 19.7. The second-order valence-electron chi connectivity index (χ2n) is 15.6. The van der Waals surface area contributed by atoms with Crippen molar-refractivity contribution in [3.05, 3.63) is 74.7 Å². The normalized spacial score (nSPS) is 19.8. The van der Waals surface area contributed by atoms with E-state index >= 15 is 0 Å². The molecule has 0 spiro atoms. The molecule has 4 aliphatic heterocycles. The van der Waals surface area contributed by atoms with Crippen molar-refractivity contribution in [2.45, 2.75) is 83.6 Å². The van der Waals surface area contributed by atoms with Gasteiger partial charge in [-0.1, -0.05) is 26.2 Å². The first-order valence-corrected chi connectivity index (χ1v) is 19.7. The van der Waals surface area contributed by atoms with Gasteiger partial charge in [-0.15, -0.1) is 10.2 Å². The van der Waals surface area contributed by atoms with Gasteiger partial charge in [0, 0.05) is 74.3 Å². The number of aliphatic hydroxyl groups is 1. The van der Waals surface area contributed by atoms with Crippen molar-refractivity contribution >= 4 is 34.5 Å². The van der Waals surface area contributed by atoms with Gasteiger partial charge in [0.15, 0.2) is 17.1 Å². The lowest BCUT2D eigenvalue weighted by Crippen LogP contribution is -2.48. The fraction of sp³-hybridized carbons (Fsp3) is 0.488. The van der Waals surface area contributed by atoms with Crippen LogP contribution in [0.4, 0.5) is 5.82 Å². The van der Waals surface area contributed by atoms with Crippen molar-refractivity contribution in [2.75, 3.05) is 44.2 Å². The molecule has 2 saturated heterocycles. The zero-order valence-electron chi connectivity index (χ0n) is 31.7. The van der Waals surface area contributed by atoms with Crippen LogP contribution < -0.4 is 16.2 Å². The number of ether oxygens (including phenoxy) is 1. The molecule has 2 amide bonds. The van der Waals surface area contributed by atoms with Gasteiger partial charge in [-0.2, -0.15) is 0 Å². The van der Waals surface area contributed by atoms with E-state index in [9.17, 15) is 29.4 Å². The summed E-state index contributed by atoms with van der Waals surface area (Å²) in [4.78, 5) is 61.9. The molecule has 15 heteroatoms. The van der Waals surface area contributed by atoms with Crippen LogP contribution >= 0.6 is 0 Å². The van der Waals surface area contributed by atoms with Crippen LogP contribution in [0.3, 0.4) is 0 Å². The molecule has 15 nitrogen and oxygen atoms in total. The van der Waals surface area contributed by atoms with Crippen molar-refractivity contribution in [1.29, 1.82) is 0 Å². The highest BCUT2D eigenvalue weighted by molar-refractivity contribution is 5.91. The highest BCUT2D eigenvalue weighted by Gasteiger charge is 2.45. The zero-order chi connectivity index (χ0) is 39.1. The number of carbonyl (C=O) groups excluding carboxylic acids is 3. The van der Waals surface area contributed by atoms with E-state index in [1.807, 2.05) is 11.0 Å². The maximum atomic E-state index is 13.6. The Balaban J connectivity index is 0.821. The van der Waals surface area contributed by atoms with Crippen LogP contribution in [0.25, 0.3) is 22.3 Å². The van der Waals surface area contributed by atoms with Crippen molar-refractivity contribution in [3.63, 3.8) is 0 Å². The highest BCUT2D eigenvalue weighted by Crippen LogP contribution is 2.40. The number of cyclic esters (lactones) is 1. The standard InChI is InChI=1S/C41H48N8O7/c1-2-41(55)30-21-33-37-26(22-49(33)39(53)29(30)24-56-40(41)54)20-27-28(34(50)10-8-31(27)43-37)23-46-16-18-48(19-17-46)36(51)7-5-3-4-6-25-12-14-47(15-13-25)35-11-9-32(38(42)52)44-45-35/h8-11,20-21,25,50,55H,2-7,12-19,22-24H2,1H3,(H2,42,52)/t41-/m0/s1. The quantitative estimate of drug-likeness (QED) is 0.131. The second-order valence-corrected chi connectivity index (χ2v) is 15.6. The molecule has 0 radical (unpaired) electrons. The third-order valence-electron chi connectivity index (χ3n) is 12.2. The zero-order valence-corrected chi connectivity index (χ0v) is 31.7. The number of piperazine rings is 1. The van der Waals surface area contributed by atoms with Gasteiger partial charge in [0.05, 0.1) is 29.0 Å². The van der Waals surface area contributed by atoms with Crippen LogP contribution in [0.2, 0.25) is 0 Å². The number of phenolic OH excluding ortho intramolecular Hbond substituents is 1. The summed E-state index contributed by atoms with van der Waals surface area (Å²) in [6, 6.07) is 10.5. The number of primary amides is 1. The van der Waals surface area contributed by atoms with Crippen molar-refractivity contribution in [3.8, 4) is 17.1 Å². The minimum absolute atomic E-state index is 0.0734. The van der Waals surface area contributed by atoms with Gasteiger partial charge in [0.2, 0.25) is 5.91 Å². The van der Waals surface area contributed by atoms with Crippen molar-refractivity contribution in [1.82, 2.24) is 29.5 Å². The molecular weight excluding hydrogens is 716 g/mol. The number of hydrogen-bond donors (Lipinski definition) is 3. The lowest BCUT2D eigenvalue weighted by atomic mass is 9.86. The van der Waals surface area contributed by atoms with Gasteiger partial charge < -0.3 is 35.1 Å². The molecule has 0 unspecified atom stereocenters. The number of benzene rings is 1. The van der Waals surface area contributed by atoms with Crippen LogP contribution in [0, 0.1) is 5.92 Å². The SMILES string of the molecule is CC[C@@]1(O)C(=O)OCc2c1cc1n(c2=O)Cc2cc3c(CN4CCN(C(=O)CCCCCC5CCN(c6ccc(C(N)=O)nn6)CC5)CC4)c(O)ccc3nc2-1. The van der Waals surface area contributed by atoms with Crippen LogP contribution in [-0.4, -0.2) is 96.8 Å². The first-order chi connectivity index (χ1) is 27.0. The number of nitrogens with zero attached hydrogens (tertiary/aromatic N) is 7. The lowest BCUT2D eigenvalue weighted by Gasteiger charge is -2.35. The minimum atomic E-state index is -1.89. The Morgan fingerprint density at radius 3 is 2.48 bits per heavy atom. The van der Waals surface area contributed by atoms with Gasteiger partial charge in [-0.05, 0) is 68.0 Å². The molecule has 1 atom stereocenters. The van der Waals surface area contributed by atoms with Crippen molar-refractivity contribution in [2.24, 2.45) is 11.7 Å². The number of hydrogen-bond acceptors (Lipinski definition) is 12. The molecule has 0 saturated carbocycles. The van der Waals surface area contributed by atoms with Gasteiger partial charge >= 0.3 is 5.97 Å². The topological polar surface area (TPSA) is 197 Å². The number of esters is 1. The number of fused-ring (bicyclic) bond motifs is 5. The van der Waals surface area contributed by atoms with Crippen LogP contribution in [0.15, 0.2) is 41.2 Å². The number of rotatable bonds is 11. The monoisotopic (exact) mass is 764 g/mol. The number of nitrogens with two attached hydrogens (primary N) is 1. The molecule has 0 aliphatic carbocycles. The number of aromatic nitrogens is 4. The van der Waals surface area contributed by atoms with Crippen LogP contribution in [0.1, 0.15) is 91.0 Å². The summed E-state index contributed by atoms with van der Waals surface area (Å²) in [5.41, 5.74) is 7.18. The summed E-state index contributed by atoms with van der Waals surface area (Å²) in [6.07, 6.45) is 6.96. The van der Waals surface area contributed by atoms with Gasteiger partial charge in [0.1, 0.15) is 12.4 Å². The number of anilines is 1.